The summed E-state index contributed by atoms with van der Waals surface area (Å²) >= 11 is 6.15. The highest BCUT2D eigenvalue weighted by molar-refractivity contribution is 6.30. The Morgan fingerprint density at radius 3 is 2.73 bits per heavy atom. The number of aliphatic hydroxyl groups is 1. The van der Waals surface area contributed by atoms with E-state index in [0.29, 0.717) is 18.2 Å². The number of halogens is 1. The summed E-state index contributed by atoms with van der Waals surface area (Å²) in [5, 5.41) is 12.0. The van der Waals surface area contributed by atoms with E-state index < -0.39 is 12.1 Å². The fraction of sp³-hybridized carbons (Fsp3) is 0.280. The fourth-order valence-corrected chi connectivity index (χ4v) is 4.67. The average molecular weight is 465 g/mol. The number of nitrogens with zero attached hydrogens (tertiary/aromatic N) is 3. The molecule has 2 unspecified atom stereocenters. The molecule has 7 nitrogen and oxygen atoms in total. The summed E-state index contributed by atoms with van der Waals surface area (Å²) in [6.45, 7) is 4.73. The van der Waals surface area contributed by atoms with E-state index in [2.05, 4.69) is 20.9 Å². The van der Waals surface area contributed by atoms with Gasteiger partial charge in [-0.1, -0.05) is 23.7 Å². The number of ether oxygens (including phenoxy) is 1. The molecule has 0 amide bonds. The van der Waals surface area contributed by atoms with Gasteiger partial charge < -0.3 is 24.3 Å². The summed E-state index contributed by atoms with van der Waals surface area (Å²) in [5.74, 6) is 0. The molecule has 33 heavy (non-hydrogen) atoms. The van der Waals surface area contributed by atoms with Gasteiger partial charge in [-0.05, 0) is 42.3 Å². The van der Waals surface area contributed by atoms with Crippen LogP contribution in [0.1, 0.15) is 18.5 Å². The van der Waals surface area contributed by atoms with Crippen LogP contribution in [0.3, 0.4) is 0 Å². The molecular weight excluding hydrogens is 440 g/mol. The third-order valence-corrected chi connectivity index (χ3v) is 6.33. The number of hydrogen-bond donors (Lipinski definition) is 2. The minimum absolute atomic E-state index is 0.204. The zero-order valence-corrected chi connectivity index (χ0v) is 19.0. The zero-order valence-electron chi connectivity index (χ0n) is 18.2. The van der Waals surface area contributed by atoms with E-state index in [1.54, 1.807) is 35.9 Å². The Morgan fingerprint density at radius 2 is 2.00 bits per heavy atom. The van der Waals surface area contributed by atoms with Crippen molar-refractivity contribution in [2.24, 2.45) is 0 Å². The predicted octanol–water partition coefficient (Wildman–Crippen LogP) is 3.85. The number of fused-ring (bicyclic) bond motifs is 1. The summed E-state index contributed by atoms with van der Waals surface area (Å²) in [7, 11) is 0. The van der Waals surface area contributed by atoms with Crippen LogP contribution in [0.2, 0.25) is 5.02 Å². The number of benzene rings is 1. The Hall–Kier alpha value is -3.13. The van der Waals surface area contributed by atoms with Crippen molar-refractivity contribution >= 4 is 28.3 Å². The van der Waals surface area contributed by atoms with Gasteiger partial charge in [-0.25, -0.2) is 4.98 Å². The molecular formula is C25H25ClN4O3. The number of aromatic nitrogens is 3. The van der Waals surface area contributed by atoms with Crippen LogP contribution in [-0.4, -0.2) is 52.0 Å². The number of aromatic amines is 1. The molecule has 4 aromatic rings. The molecule has 0 radical (unpaired) electrons. The smallest absolute Gasteiger partial charge is 0.251 e. The van der Waals surface area contributed by atoms with Gasteiger partial charge in [-0.15, -0.1) is 0 Å². The predicted molar refractivity (Wildman–Crippen MR) is 130 cm³/mol. The topological polar surface area (TPSA) is 83.4 Å². The highest BCUT2D eigenvalue weighted by Gasteiger charge is 2.21. The first kappa shape index (κ1) is 21.7. The number of hydrogen-bond acceptors (Lipinski definition) is 5. The summed E-state index contributed by atoms with van der Waals surface area (Å²) in [6.07, 6.45) is 4.70. The van der Waals surface area contributed by atoms with E-state index in [0.717, 1.165) is 46.5 Å². The van der Waals surface area contributed by atoms with Gasteiger partial charge in [0.1, 0.15) is 5.65 Å². The van der Waals surface area contributed by atoms with Gasteiger partial charge in [0.2, 0.25) is 0 Å². The maximum atomic E-state index is 13.2. The minimum atomic E-state index is -0.777. The quantitative estimate of drug-likeness (QED) is 0.468. The van der Waals surface area contributed by atoms with Gasteiger partial charge in [0.05, 0.1) is 37.2 Å². The third kappa shape index (κ3) is 4.27. The standard InChI is InChI=1S/C25H25ClN4O3/c1-16(31)24(18-3-2-4-19(26)11-18)30-6-5-17(12-23(30)32)22-15-28-25-21(22)13-20(14-27-25)29-7-9-33-10-8-29/h2-6,11-16,24,31H,7-10H2,1H3,(H,27,28). The van der Waals surface area contributed by atoms with Crippen LogP contribution in [0.15, 0.2) is 65.8 Å². The molecule has 1 fully saturated rings. The first-order valence-electron chi connectivity index (χ1n) is 11.0. The lowest BCUT2D eigenvalue weighted by atomic mass is 10.0. The van der Waals surface area contributed by atoms with Crippen LogP contribution in [0.25, 0.3) is 22.2 Å². The lowest BCUT2D eigenvalue weighted by Crippen LogP contribution is -2.36. The van der Waals surface area contributed by atoms with Gasteiger partial charge in [-0.2, -0.15) is 0 Å². The molecule has 0 spiro atoms. The van der Waals surface area contributed by atoms with E-state index in [1.807, 2.05) is 30.6 Å². The van der Waals surface area contributed by atoms with Crippen LogP contribution in [0.5, 0.6) is 0 Å². The third-order valence-electron chi connectivity index (χ3n) is 6.10. The van der Waals surface area contributed by atoms with E-state index in [4.69, 9.17) is 16.3 Å². The maximum absolute atomic E-state index is 13.2. The molecule has 0 aliphatic carbocycles. The Kier molecular flexibility index (Phi) is 5.93. The molecule has 1 aromatic carbocycles. The second-order valence-corrected chi connectivity index (χ2v) is 8.73. The van der Waals surface area contributed by atoms with Crippen molar-refractivity contribution in [1.82, 2.24) is 14.5 Å². The van der Waals surface area contributed by atoms with E-state index >= 15 is 0 Å². The molecule has 2 atom stereocenters. The van der Waals surface area contributed by atoms with Crippen molar-refractivity contribution in [3.63, 3.8) is 0 Å². The lowest BCUT2D eigenvalue weighted by molar-refractivity contribution is 0.122. The van der Waals surface area contributed by atoms with Crippen molar-refractivity contribution in [1.29, 1.82) is 0 Å². The SMILES string of the molecule is CC(O)C(c1cccc(Cl)c1)n1ccc(-c2c[nH]c3ncc(N4CCOCC4)cc23)cc1=O. The molecule has 1 aliphatic heterocycles. The molecule has 170 valence electrons. The van der Waals surface area contributed by atoms with Crippen LogP contribution in [-0.2, 0) is 4.74 Å². The largest absolute Gasteiger partial charge is 0.391 e. The van der Waals surface area contributed by atoms with Gasteiger partial charge in [0.25, 0.3) is 5.56 Å². The molecule has 5 rings (SSSR count). The lowest BCUT2D eigenvalue weighted by Gasteiger charge is -2.28. The molecule has 1 saturated heterocycles. The van der Waals surface area contributed by atoms with Crippen molar-refractivity contribution in [2.75, 3.05) is 31.2 Å². The Morgan fingerprint density at radius 1 is 1.18 bits per heavy atom. The summed E-state index contributed by atoms with van der Waals surface area (Å²) in [5.41, 5.74) is 4.08. The van der Waals surface area contributed by atoms with Crippen molar-refractivity contribution in [2.45, 2.75) is 19.1 Å². The van der Waals surface area contributed by atoms with Crippen LogP contribution in [0, 0.1) is 0 Å². The number of anilines is 1. The van der Waals surface area contributed by atoms with Crippen molar-refractivity contribution < 1.29 is 9.84 Å². The first-order valence-corrected chi connectivity index (χ1v) is 11.3. The van der Waals surface area contributed by atoms with Gasteiger partial charge in [0.15, 0.2) is 0 Å². The van der Waals surface area contributed by atoms with Crippen LogP contribution < -0.4 is 10.5 Å². The Bertz CT molecular complexity index is 1340. The Balaban J connectivity index is 1.53. The first-order chi connectivity index (χ1) is 16.0. The molecule has 2 N–H and O–H groups in total. The number of H-pyrrole nitrogens is 1. The summed E-state index contributed by atoms with van der Waals surface area (Å²) < 4.78 is 7.00. The van der Waals surface area contributed by atoms with Gasteiger partial charge in [0, 0.05) is 47.5 Å². The van der Waals surface area contributed by atoms with E-state index in [1.165, 1.54) is 0 Å². The monoisotopic (exact) mass is 464 g/mol. The molecule has 0 bridgehead atoms. The van der Waals surface area contributed by atoms with Crippen LogP contribution in [0.4, 0.5) is 5.69 Å². The highest BCUT2D eigenvalue weighted by Crippen LogP contribution is 2.31. The molecule has 0 saturated carbocycles. The minimum Gasteiger partial charge on any atom is -0.391 e. The molecule has 3 aromatic heterocycles. The Labute approximate surface area is 196 Å². The van der Waals surface area contributed by atoms with E-state index in [9.17, 15) is 9.90 Å². The second kappa shape index (κ2) is 9.02. The molecule has 8 heteroatoms. The summed E-state index contributed by atoms with van der Waals surface area (Å²) in [6, 6.07) is 12.3. The second-order valence-electron chi connectivity index (χ2n) is 8.29. The van der Waals surface area contributed by atoms with Crippen molar-refractivity contribution in [3.8, 4) is 11.1 Å². The number of rotatable bonds is 5. The number of morpholine rings is 1. The molecule has 1 aliphatic rings. The molecule has 4 heterocycles. The van der Waals surface area contributed by atoms with E-state index in [-0.39, 0.29) is 5.56 Å². The normalized spacial score (nSPS) is 16.2. The van der Waals surface area contributed by atoms with Crippen LogP contribution >= 0.6 is 11.6 Å². The zero-order chi connectivity index (χ0) is 22.9. The van der Waals surface area contributed by atoms with Gasteiger partial charge >= 0.3 is 0 Å². The average Bonchev–Trinajstić information content (AvgIpc) is 3.24. The number of nitrogens with one attached hydrogen (secondary N) is 1. The maximum Gasteiger partial charge on any atom is 0.251 e. The highest BCUT2D eigenvalue weighted by atomic mass is 35.5. The number of aliphatic hydroxyl groups excluding tert-OH is 1. The van der Waals surface area contributed by atoms with Crippen molar-refractivity contribution in [3.05, 3.63) is 82.0 Å². The fourth-order valence-electron chi connectivity index (χ4n) is 4.47. The summed E-state index contributed by atoms with van der Waals surface area (Å²) in [4.78, 5) is 23.2. The number of pyridine rings is 2. The van der Waals surface area contributed by atoms with Gasteiger partial charge in [-0.3, -0.25) is 4.79 Å².